The Labute approximate surface area is 193 Å². The Bertz CT molecular complexity index is 1400. The topological polar surface area (TPSA) is 71.2 Å². The van der Waals surface area contributed by atoms with Crippen molar-refractivity contribution in [1.29, 1.82) is 0 Å². The molecule has 168 valence electrons. The second-order valence-electron chi connectivity index (χ2n) is 8.80. The molecule has 0 bridgehead atoms. The summed E-state index contributed by atoms with van der Waals surface area (Å²) in [6.07, 6.45) is 7.94. The van der Waals surface area contributed by atoms with Gasteiger partial charge < -0.3 is 0 Å². The van der Waals surface area contributed by atoms with Gasteiger partial charge in [0.15, 0.2) is 15.4 Å². The van der Waals surface area contributed by atoms with Crippen LogP contribution in [0.2, 0.25) is 0 Å². The Kier molecular flexibility index (Phi) is 5.05. The van der Waals surface area contributed by atoms with E-state index in [2.05, 4.69) is 42.1 Å². The molecule has 3 aliphatic rings. The molecule has 2 heterocycles. The maximum absolute atomic E-state index is 14.8. The number of allylic oxidation sites excluding steroid dienone is 2. The van der Waals surface area contributed by atoms with Gasteiger partial charge in [0.25, 0.3) is 0 Å². The van der Waals surface area contributed by atoms with Crippen LogP contribution in [0.1, 0.15) is 26.3 Å². The number of nitrogens with zero attached hydrogens (tertiary/aromatic N) is 3. The first-order chi connectivity index (χ1) is 15.7. The van der Waals surface area contributed by atoms with Crippen molar-refractivity contribution < 1.29 is 12.8 Å². The molecule has 0 amide bonds. The minimum atomic E-state index is -3.32. The molecule has 2 atom stereocenters. The van der Waals surface area contributed by atoms with E-state index in [0.29, 0.717) is 22.8 Å². The Balaban J connectivity index is 1.56. The minimum absolute atomic E-state index is 0.0178. The molecule has 2 aromatic rings. The zero-order valence-corrected chi connectivity index (χ0v) is 19.5. The van der Waals surface area contributed by atoms with Crippen molar-refractivity contribution >= 4 is 27.6 Å². The summed E-state index contributed by atoms with van der Waals surface area (Å²) in [5.41, 5.74) is 3.30. The van der Waals surface area contributed by atoms with Gasteiger partial charge in [-0.2, -0.15) is 0 Å². The SMILES string of the molecule is CCS(=O)(=O)c1ccc(-c2cc(C3=NC4=CC(C(C)C)C=CC45N=CN=C35)ccc2F)cc1. The number of halogens is 1. The molecule has 5 nitrogen and oxygen atoms in total. The van der Waals surface area contributed by atoms with Crippen LogP contribution in [0.3, 0.4) is 0 Å². The smallest absolute Gasteiger partial charge is 0.178 e. The van der Waals surface area contributed by atoms with Crippen molar-refractivity contribution in [2.45, 2.75) is 31.2 Å². The lowest BCUT2D eigenvalue weighted by molar-refractivity contribution is 0.533. The lowest BCUT2D eigenvalue weighted by Gasteiger charge is -2.26. The fraction of sp³-hybridized carbons (Fsp3) is 0.269. The Morgan fingerprint density at radius 1 is 1.09 bits per heavy atom. The van der Waals surface area contributed by atoms with Crippen LogP contribution in [0.4, 0.5) is 4.39 Å². The van der Waals surface area contributed by atoms with Gasteiger partial charge in [0.1, 0.15) is 17.9 Å². The van der Waals surface area contributed by atoms with Gasteiger partial charge in [0.05, 0.1) is 22.1 Å². The highest BCUT2D eigenvalue weighted by Gasteiger charge is 2.48. The second kappa shape index (κ2) is 7.70. The van der Waals surface area contributed by atoms with Crippen LogP contribution in [-0.4, -0.2) is 37.5 Å². The molecule has 0 aromatic heterocycles. The first-order valence-corrected chi connectivity index (χ1v) is 12.7. The van der Waals surface area contributed by atoms with E-state index in [9.17, 15) is 12.8 Å². The largest absolute Gasteiger partial charge is 0.250 e. The third-order valence-corrected chi connectivity index (χ3v) is 8.23. The van der Waals surface area contributed by atoms with Crippen LogP contribution in [0.15, 0.2) is 86.3 Å². The summed E-state index contributed by atoms with van der Waals surface area (Å²) >= 11 is 0. The highest BCUT2D eigenvalue weighted by molar-refractivity contribution is 7.91. The summed E-state index contributed by atoms with van der Waals surface area (Å²) in [7, 11) is -3.32. The summed E-state index contributed by atoms with van der Waals surface area (Å²) in [6, 6.07) is 11.2. The van der Waals surface area contributed by atoms with Gasteiger partial charge >= 0.3 is 0 Å². The van der Waals surface area contributed by atoms with Crippen LogP contribution in [0.5, 0.6) is 0 Å². The third-order valence-electron chi connectivity index (χ3n) is 6.48. The number of sulfone groups is 1. The van der Waals surface area contributed by atoms with E-state index in [1.54, 1.807) is 37.5 Å². The highest BCUT2D eigenvalue weighted by Crippen LogP contribution is 2.42. The number of benzene rings is 2. The van der Waals surface area contributed by atoms with E-state index in [-0.39, 0.29) is 22.4 Å². The molecular weight excluding hydrogens is 437 g/mol. The van der Waals surface area contributed by atoms with Crippen LogP contribution >= 0.6 is 0 Å². The molecule has 2 aromatic carbocycles. The summed E-state index contributed by atoms with van der Waals surface area (Å²) in [6.45, 7) is 5.93. The molecule has 33 heavy (non-hydrogen) atoms. The fourth-order valence-electron chi connectivity index (χ4n) is 4.40. The number of aliphatic imine (C=N–C) groups is 3. The van der Waals surface area contributed by atoms with Gasteiger partial charge in [-0.1, -0.05) is 45.1 Å². The second-order valence-corrected chi connectivity index (χ2v) is 11.1. The molecule has 2 unspecified atom stereocenters. The molecule has 1 aliphatic carbocycles. The molecule has 2 aliphatic heterocycles. The predicted molar refractivity (Wildman–Crippen MR) is 130 cm³/mol. The summed E-state index contributed by atoms with van der Waals surface area (Å²) in [5, 5.41) is 0. The maximum Gasteiger partial charge on any atom is 0.178 e. The Morgan fingerprint density at radius 3 is 2.52 bits per heavy atom. The van der Waals surface area contributed by atoms with Crippen LogP contribution < -0.4 is 0 Å². The Hall–Kier alpha value is -3.19. The van der Waals surface area contributed by atoms with Crippen molar-refractivity contribution in [2.75, 3.05) is 5.75 Å². The standard InChI is InChI=1S/C26H24FN3O2S/c1-4-33(31,32)20-8-5-17(6-9-20)21-13-19(7-10-22(21)27)24-25-26(29-15-28-25)12-11-18(16(2)3)14-23(26)30-24/h5-16,18H,4H2,1-3H3. The minimum Gasteiger partial charge on any atom is -0.250 e. The molecule has 0 radical (unpaired) electrons. The normalized spacial score (nSPS) is 23.3. The van der Waals surface area contributed by atoms with Gasteiger partial charge in [-0.15, -0.1) is 0 Å². The summed E-state index contributed by atoms with van der Waals surface area (Å²) in [4.78, 5) is 14.3. The number of hydrogen-bond donors (Lipinski definition) is 0. The first-order valence-electron chi connectivity index (χ1n) is 11.0. The van der Waals surface area contributed by atoms with Gasteiger partial charge in [-0.05, 0) is 53.8 Å². The quantitative estimate of drug-likeness (QED) is 0.586. The maximum atomic E-state index is 14.8. The van der Waals surface area contributed by atoms with Crippen molar-refractivity contribution in [1.82, 2.24) is 0 Å². The lowest BCUT2D eigenvalue weighted by atomic mass is 9.80. The molecule has 0 saturated carbocycles. The van der Waals surface area contributed by atoms with Crippen LogP contribution in [-0.2, 0) is 9.84 Å². The van der Waals surface area contributed by atoms with Gasteiger partial charge in [-0.25, -0.2) is 27.8 Å². The van der Waals surface area contributed by atoms with E-state index < -0.39 is 15.4 Å². The van der Waals surface area contributed by atoms with Crippen LogP contribution in [0.25, 0.3) is 11.1 Å². The van der Waals surface area contributed by atoms with Gasteiger partial charge in [-0.3, -0.25) is 0 Å². The molecule has 0 saturated heterocycles. The third kappa shape index (κ3) is 3.42. The first kappa shape index (κ1) is 21.6. The number of hydrogen-bond acceptors (Lipinski definition) is 5. The van der Waals surface area contributed by atoms with E-state index >= 15 is 0 Å². The molecule has 0 N–H and O–H groups in total. The fourth-order valence-corrected chi connectivity index (χ4v) is 5.29. The van der Waals surface area contributed by atoms with Crippen molar-refractivity contribution in [3.8, 4) is 11.1 Å². The average molecular weight is 462 g/mol. The average Bonchev–Trinajstić information content (AvgIpc) is 3.36. The zero-order valence-electron chi connectivity index (χ0n) is 18.7. The summed E-state index contributed by atoms with van der Waals surface area (Å²) < 4.78 is 39.0. The van der Waals surface area contributed by atoms with E-state index in [1.165, 1.54) is 18.2 Å². The zero-order chi connectivity index (χ0) is 23.4. The predicted octanol–water partition coefficient (Wildman–Crippen LogP) is 5.04. The van der Waals surface area contributed by atoms with Gasteiger partial charge in [0, 0.05) is 11.1 Å². The summed E-state index contributed by atoms with van der Waals surface area (Å²) in [5.74, 6) is 0.337. The van der Waals surface area contributed by atoms with Crippen LogP contribution in [0, 0.1) is 17.7 Å². The van der Waals surface area contributed by atoms with Crippen molar-refractivity contribution in [3.63, 3.8) is 0 Å². The van der Waals surface area contributed by atoms with Gasteiger partial charge in [0.2, 0.25) is 0 Å². The molecular formula is C26H24FN3O2S. The molecule has 1 spiro atoms. The van der Waals surface area contributed by atoms with Crippen molar-refractivity contribution in [2.24, 2.45) is 26.8 Å². The van der Waals surface area contributed by atoms with E-state index in [1.807, 2.05) is 0 Å². The molecule has 5 rings (SSSR count). The van der Waals surface area contributed by atoms with E-state index in [0.717, 1.165) is 17.0 Å². The van der Waals surface area contributed by atoms with E-state index in [4.69, 9.17) is 4.99 Å². The monoisotopic (exact) mass is 461 g/mol. The molecule has 0 fully saturated rings. The van der Waals surface area contributed by atoms with Crippen molar-refractivity contribution in [3.05, 3.63) is 77.8 Å². The number of rotatable bonds is 5. The highest BCUT2D eigenvalue weighted by atomic mass is 32.2. The molecule has 7 heteroatoms. The lowest BCUT2D eigenvalue weighted by Crippen LogP contribution is -2.35. The Morgan fingerprint density at radius 2 is 1.82 bits per heavy atom.